The predicted octanol–water partition coefficient (Wildman–Crippen LogP) is 5.61. The number of hydrogen-bond acceptors (Lipinski definition) is 11. The van der Waals surface area contributed by atoms with Crippen molar-refractivity contribution in [2.45, 2.75) is 25.2 Å². The van der Waals surface area contributed by atoms with E-state index in [0.717, 1.165) is 39.1 Å². The van der Waals surface area contributed by atoms with E-state index in [1.165, 1.54) is 0 Å². The summed E-state index contributed by atoms with van der Waals surface area (Å²) in [6, 6.07) is 47.7. The smallest absolute Gasteiger partial charge is 0.259 e. The summed E-state index contributed by atoms with van der Waals surface area (Å²) in [4.78, 5) is 24.9. The molecular formula is C40H41N9O3. The predicted molar refractivity (Wildman–Crippen MR) is 202 cm³/mol. The fraction of sp³-hybridized carbons (Fsp3) is 0.150. The van der Waals surface area contributed by atoms with E-state index in [2.05, 4.69) is 139 Å². The zero-order valence-corrected chi connectivity index (χ0v) is 28.7. The number of anilines is 3. The van der Waals surface area contributed by atoms with Crippen LogP contribution in [0.25, 0.3) is 0 Å². The van der Waals surface area contributed by atoms with Crippen LogP contribution < -0.4 is 37.0 Å². The SMILES string of the molecule is COc1ccc(CNc2nc(NCc3ccc(CNC(c4ccccc4)(c4ccccc4)c4ccccc4)cc3)nc(NNCC(=O)NO)n2)cc1. The van der Waals surface area contributed by atoms with Gasteiger partial charge < -0.3 is 15.4 Å². The molecule has 0 spiro atoms. The van der Waals surface area contributed by atoms with Gasteiger partial charge in [-0.3, -0.25) is 20.7 Å². The molecule has 0 fully saturated rings. The number of nitrogens with one attached hydrogen (secondary N) is 6. The highest BCUT2D eigenvalue weighted by atomic mass is 16.5. The van der Waals surface area contributed by atoms with Crippen LogP contribution in [0.2, 0.25) is 0 Å². The molecule has 1 aromatic heterocycles. The van der Waals surface area contributed by atoms with Gasteiger partial charge in [-0.25, -0.2) is 10.9 Å². The van der Waals surface area contributed by atoms with E-state index >= 15 is 0 Å². The van der Waals surface area contributed by atoms with Gasteiger partial charge in [-0.1, -0.05) is 127 Å². The summed E-state index contributed by atoms with van der Waals surface area (Å²) in [7, 11) is 1.63. The molecular weight excluding hydrogens is 655 g/mol. The van der Waals surface area contributed by atoms with Crippen molar-refractivity contribution in [2.75, 3.05) is 29.7 Å². The molecule has 0 radical (unpaired) electrons. The Balaban J connectivity index is 1.16. The summed E-state index contributed by atoms with van der Waals surface area (Å²) in [5, 5.41) is 19.2. The third-order valence-electron chi connectivity index (χ3n) is 8.47. The van der Waals surface area contributed by atoms with Gasteiger partial charge in [0.1, 0.15) is 5.75 Å². The summed E-state index contributed by atoms with van der Waals surface area (Å²) in [6.07, 6.45) is 0. The standard InChI is InChI=1S/C40H41N9O3/c1-52-35-23-21-30(22-24-35)26-42-38-45-37(46-39(47-38)48-44-28-36(50)49-51)41-25-29-17-19-31(20-18-29)27-43-40(32-11-5-2-6-12-32,33-13-7-3-8-14-33)34-15-9-4-10-16-34/h2-24,43-44,51H,25-28H2,1H3,(H,49,50)(H3,41,42,45,46,47,48). The van der Waals surface area contributed by atoms with E-state index in [9.17, 15) is 4.79 Å². The van der Waals surface area contributed by atoms with Crippen LogP contribution in [0.15, 0.2) is 140 Å². The van der Waals surface area contributed by atoms with Gasteiger partial charge in [0.05, 0.1) is 19.2 Å². The lowest BCUT2D eigenvalue weighted by Crippen LogP contribution is -2.44. The second kappa shape index (κ2) is 17.5. The third kappa shape index (κ3) is 9.06. The van der Waals surface area contributed by atoms with Gasteiger partial charge in [0.2, 0.25) is 17.8 Å². The molecule has 0 saturated carbocycles. The first kappa shape index (κ1) is 35.5. The average molecular weight is 696 g/mol. The van der Waals surface area contributed by atoms with Crippen LogP contribution in [0.3, 0.4) is 0 Å². The Morgan fingerprint density at radius 3 is 1.46 bits per heavy atom. The first-order valence-corrected chi connectivity index (χ1v) is 16.8. The molecule has 12 heteroatoms. The number of carbonyl (C=O) groups excluding carboxylic acids is 1. The first-order chi connectivity index (χ1) is 25.6. The number of nitrogens with zero attached hydrogens (tertiary/aromatic N) is 3. The Morgan fingerprint density at radius 1 is 0.596 bits per heavy atom. The van der Waals surface area contributed by atoms with E-state index in [1.807, 2.05) is 42.5 Å². The maximum atomic E-state index is 11.5. The fourth-order valence-electron chi connectivity index (χ4n) is 5.82. The molecule has 5 aromatic carbocycles. The maximum absolute atomic E-state index is 11.5. The Labute approximate surface area is 302 Å². The lowest BCUT2D eigenvalue weighted by molar-refractivity contribution is -0.128. The number of aromatic nitrogens is 3. The van der Waals surface area contributed by atoms with Crippen molar-refractivity contribution in [1.29, 1.82) is 0 Å². The largest absolute Gasteiger partial charge is 0.497 e. The van der Waals surface area contributed by atoms with Gasteiger partial charge in [0.15, 0.2) is 0 Å². The highest BCUT2D eigenvalue weighted by molar-refractivity contribution is 5.76. The molecule has 7 N–H and O–H groups in total. The Kier molecular flexibility index (Phi) is 12.0. The number of ether oxygens (including phenoxy) is 1. The number of amides is 1. The van der Waals surface area contributed by atoms with Crippen LogP contribution in [0.5, 0.6) is 5.75 Å². The van der Waals surface area contributed by atoms with Crippen LogP contribution in [-0.4, -0.2) is 39.7 Å². The average Bonchev–Trinajstić information content (AvgIpc) is 3.21. The second-order valence-electron chi connectivity index (χ2n) is 11.9. The normalized spacial score (nSPS) is 11.0. The number of carbonyl (C=O) groups is 1. The van der Waals surface area contributed by atoms with Crippen LogP contribution in [0.1, 0.15) is 33.4 Å². The minimum Gasteiger partial charge on any atom is -0.497 e. The summed E-state index contributed by atoms with van der Waals surface area (Å²) in [6.45, 7) is 1.34. The zero-order valence-electron chi connectivity index (χ0n) is 28.7. The molecule has 6 rings (SSSR count). The molecule has 6 aromatic rings. The number of rotatable bonds is 17. The molecule has 1 amide bonds. The van der Waals surface area contributed by atoms with Crippen molar-refractivity contribution in [2.24, 2.45) is 0 Å². The number of benzene rings is 5. The maximum Gasteiger partial charge on any atom is 0.259 e. The van der Waals surface area contributed by atoms with Gasteiger partial charge in [0.25, 0.3) is 5.91 Å². The number of hydrazine groups is 1. The molecule has 52 heavy (non-hydrogen) atoms. The molecule has 0 aliphatic heterocycles. The van der Waals surface area contributed by atoms with Crippen molar-refractivity contribution in [3.8, 4) is 5.75 Å². The van der Waals surface area contributed by atoms with Crippen molar-refractivity contribution in [3.63, 3.8) is 0 Å². The molecule has 0 aliphatic rings. The number of hydroxylamine groups is 1. The minimum absolute atomic E-state index is 0.181. The Bertz CT molecular complexity index is 1900. The van der Waals surface area contributed by atoms with Crippen molar-refractivity contribution < 1.29 is 14.7 Å². The van der Waals surface area contributed by atoms with Gasteiger partial charge in [-0.15, -0.1) is 0 Å². The van der Waals surface area contributed by atoms with E-state index in [1.54, 1.807) is 12.6 Å². The topological polar surface area (TPSA) is 157 Å². The van der Waals surface area contributed by atoms with Crippen LogP contribution in [-0.2, 0) is 30.0 Å². The number of hydrogen-bond donors (Lipinski definition) is 7. The molecule has 0 aliphatic carbocycles. The lowest BCUT2D eigenvalue weighted by Gasteiger charge is -2.37. The van der Waals surface area contributed by atoms with Crippen LogP contribution >= 0.6 is 0 Å². The molecule has 0 saturated heterocycles. The summed E-state index contributed by atoms with van der Waals surface area (Å²) in [5.41, 5.74) is 13.1. The number of methoxy groups -OCH3 is 1. The zero-order chi connectivity index (χ0) is 36.0. The Hall–Kier alpha value is -6.34. The molecule has 1 heterocycles. The summed E-state index contributed by atoms with van der Waals surface area (Å²) in [5.74, 6) is 0.975. The molecule has 0 atom stereocenters. The van der Waals surface area contributed by atoms with Crippen molar-refractivity contribution in [1.82, 2.24) is 31.2 Å². The van der Waals surface area contributed by atoms with Crippen molar-refractivity contribution in [3.05, 3.63) is 173 Å². The highest BCUT2D eigenvalue weighted by Crippen LogP contribution is 2.37. The van der Waals surface area contributed by atoms with E-state index in [4.69, 9.17) is 9.94 Å². The Morgan fingerprint density at radius 2 is 1.02 bits per heavy atom. The summed E-state index contributed by atoms with van der Waals surface area (Å²) < 4.78 is 5.25. The quantitative estimate of drug-likeness (QED) is 0.0362. The van der Waals surface area contributed by atoms with Crippen molar-refractivity contribution >= 4 is 23.8 Å². The highest BCUT2D eigenvalue weighted by Gasteiger charge is 2.35. The minimum atomic E-state index is -0.623. The second-order valence-corrected chi connectivity index (χ2v) is 11.9. The van der Waals surface area contributed by atoms with E-state index < -0.39 is 11.4 Å². The first-order valence-electron chi connectivity index (χ1n) is 16.8. The van der Waals surface area contributed by atoms with Crippen LogP contribution in [0.4, 0.5) is 17.8 Å². The molecule has 0 bridgehead atoms. The molecule has 12 nitrogen and oxygen atoms in total. The van der Waals surface area contributed by atoms with Gasteiger partial charge >= 0.3 is 0 Å². The lowest BCUT2D eigenvalue weighted by atomic mass is 9.77. The summed E-state index contributed by atoms with van der Waals surface area (Å²) >= 11 is 0. The molecule has 264 valence electrons. The van der Waals surface area contributed by atoms with Gasteiger partial charge in [-0.05, 0) is 45.5 Å². The monoisotopic (exact) mass is 695 g/mol. The van der Waals surface area contributed by atoms with Gasteiger partial charge in [0, 0.05) is 19.6 Å². The molecule has 0 unspecified atom stereocenters. The van der Waals surface area contributed by atoms with E-state index in [0.29, 0.717) is 31.5 Å². The fourth-order valence-corrected chi connectivity index (χ4v) is 5.82. The van der Waals surface area contributed by atoms with E-state index in [-0.39, 0.29) is 12.5 Å². The van der Waals surface area contributed by atoms with Gasteiger partial charge in [-0.2, -0.15) is 15.0 Å². The third-order valence-corrected chi connectivity index (χ3v) is 8.47. The van der Waals surface area contributed by atoms with Crippen LogP contribution in [0, 0.1) is 0 Å².